The number of esters is 3. The van der Waals surface area contributed by atoms with E-state index < -0.39 is 6.10 Å². The molecule has 0 radical (unpaired) electrons. The van der Waals surface area contributed by atoms with E-state index in [0.29, 0.717) is 19.3 Å². The number of unbranched alkanes of at least 4 members (excludes halogenated alkanes) is 38. The van der Waals surface area contributed by atoms with Crippen LogP contribution in [0.2, 0.25) is 0 Å². The Morgan fingerprint density at radius 3 is 0.762 bits per heavy atom. The molecule has 6 nitrogen and oxygen atoms in total. The number of ether oxygens (including phenoxy) is 3. The summed E-state index contributed by atoms with van der Waals surface area (Å²) < 4.78 is 16.9. The van der Waals surface area contributed by atoms with E-state index >= 15 is 0 Å². The third-order valence-electron chi connectivity index (χ3n) is 15.1. The molecule has 0 aromatic carbocycles. The van der Waals surface area contributed by atoms with Crippen molar-refractivity contribution in [3.05, 3.63) is 85.1 Å². The first-order chi connectivity index (χ1) is 39.5. The summed E-state index contributed by atoms with van der Waals surface area (Å²) in [6, 6.07) is 0. The fourth-order valence-corrected chi connectivity index (χ4v) is 9.97. The zero-order valence-corrected chi connectivity index (χ0v) is 53.1. The number of hydrogen-bond donors (Lipinski definition) is 0. The van der Waals surface area contributed by atoms with Crippen LogP contribution in [0.1, 0.15) is 348 Å². The highest BCUT2D eigenvalue weighted by Gasteiger charge is 2.19. The van der Waals surface area contributed by atoms with Gasteiger partial charge in [-0.05, 0) is 96.3 Å². The van der Waals surface area contributed by atoms with Gasteiger partial charge in [0.2, 0.25) is 0 Å². The van der Waals surface area contributed by atoms with E-state index in [-0.39, 0.29) is 31.1 Å². The lowest BCUT2D eigenvalue weighted by Crippen LogP contribution is -2.30. The number of rotatable bonds is 63. The summed E-state index contributed by atoms with van der Waals surface area (Å²) in [5, 5.41) is 0. The van der Waals surface area contributed by atoms with Crippen molar-refractivity contribution in [2.45, 2.75) is 354 Å². The standard InChI is InChI=1S/C74H130O6/c1-4-7-10-13-16-19-21-23-25-27-29-31-32-33-34-35-36-37-38-39-40-41-42-44-45-47-49-51-53-55-58-61-64-67-73(76)79-70-71(69-78-72(75)66-63-60-57-18-15-12-9-6-3)80-74(77)68-65-62-59-56-54-52-50-48-46-43-30-28-26-24-22-20-17-14-11-8-5-2/h7,10,16,19,22-25,28-31,46,48,71H,4-6,8-9,11-15,17-18,20-21,26-27,32-45,47,49-70H2,1-3H3/b10-7-,19-16-,24-22-,25-23-,30-28-,31-29-,48-46-. The van der Waals surface area contributed by atoms with Gasteiger partial charge in [-0.25, -0.2) is 0 Å². The second-order valence-corrected chi connectivity index (χ2v) is 23.1. The first-order valence-electron chi connectivity index (χ1n) is 34.6. The van der Waals surface area contributed by atoms with Crippen LogP contribution in [0.3, 0.4) is 0 Å². The van der Waals surface area contributed by atoms with E-state index in [9.17, 15) is 14.4 Å². The molecule has 462 valence electrons. The largest absolute Gasteiger partial charge is 0.462 e. The molecule has 0 aliphatic rings. The van der Waals surface area contributed by atoms with Gasteiger partial charge in [0.25, 0.3) is 0 Å². The van der Waals surface area contributed by atoms with Crippen LogP contribution in [0, 0.1) is 0 Å². The Balaban J connectivity index is 4.07. The Kier molecular flexibility index (Phi) is 65.2. The summed E-state index contributed by atoms with van der Waals surface area (Å²) in [5.41, 5.74) is 0. The molecule has 1 atom stereocenters. The summed E-state index contributed by atoms with van der Waals surface area (Å²) in [5.74, 6) is -0.877. The van der Waals surface area contributed by atoms with Crippen molar-refractivity contribution in [1.82, 2.24) is 0 Å². The first kappa shape index (κ1) is 76.6. The molecule has 0 rings (SSSR count). The molecule has 80 heavy (non-hydrogen) atoms. The molecule has 0 N–H and O–H groups in total. The second-order valence-electron chi connectivity index (χ2n) is 23.1. The molecule has 0 bridgehead atoms. The summed E-state index contributed by atoms with van der Waals surface area (Å²) >= 11 is 0. The van der Waals surface area contributed by atoms with Gasteiger partial charge in [-0.3, -0.25) is 14.4 Å². The van der Waals surface area contributed by atoms with E-state index in [2.05, 4.69) is 106 Å². The third-order valence-corrected chi connectivity index (χ3v) is 15.1. The lowest BCUT2D eigenvalue weighted by atomic mass is 10.0. The van der Waals surface area contributed by atoms with Crippen molar-refractivity contribution < 1.29 is 28.6 Å². The Morgan fingerprint density at radius 1 is 0.263 bits per heavy atom. The molecule has 0 heterocycles. The predicted molar refractivity (Wildman–Crippen MR) is 348 cm³/mol. The van der Waals surface area contributed by atoms with E-state index in [1.165, 1.54) is 199 Å². The van der Waals surface area contributed by atoms with Crippen molar-refractivity contribution in [3.8, 4) is 0 Å². The van der Waals surface area contributed by atoms with Crippen LogP contribution in [0.25, 0.3) is 0 Å². The van der Waals surface area contributed by atoms with Gasteiger partial charge >= 0.3 is 17.9 Å². The van der Waals surface area contributed by atoms with Gasteiger partial charge < -0.3 is 14.2 Å². The minimum absolute atomic E-state index is 0.0771. The Bertz CT molecular complexity index is 1520. The number of carbonyl (C=O) groups is 3. The van der Waals surface area contributed by atoms with Gasteiger partial charge in [0, 0.05) is 19.3 Å². The molecule has 0 spiro atoms. The van der Waals surface area contributed by atoms with Gasteiger partial charge in [0.05, 0.1) is 0 Å². The molecule has 0 fully saturated rings. The molecule has 1 unspecified atom stereocenters. The molecule has 0 aliphatic carbocycles. The number of hydrogen-bond acceptors (Lipinski definition) is 6. The Labute approximate surface area is 496 Å². The van der Waals surface area contributed by atoms with Gasteiger partial charge in [-0.15, -0.1) is 0 Å². The maximum Gasteiger partial charge on any atom is 0.306 e. The lowest BCUT2D eigenvalue weighted by molar-refractivity contribution is -0.167. The fraction of sp³-hybridized carbons (Fsp3) is 0.770. The molecular weight excluding hydrogens is 985 g/mol. The van der Waals surface area contributed by atoms with E-state index in [0.717, 1.165) is 109 Å². The van der Waals surface area contributed by atoms with Crippen LogP contribution < -0.4 is 0 Å². The van der Waals surface area contributed by atoms with Gasteiger partial charge in [0.15, 0.2) is 6.10 Å². The Hall–Kier alpha value is -3.41. The summed E-state index contributed by atoms with van der Waals surface area (Å²) in [4.78, 5) is 38.2. The minimum Gasteiger partial charge on any atom is -0.462 e. The van der Waals surface area contributed by atoms with E-state index in [4.69, 9.17) is 14.2 Å². The quantitative estimate of drug-likeness (QED) is 0.0261. The molecule has 0 aliphatic heterocycles. The second kappa shape index (κ2) is 68.1. The van der Waals surface area contributed by atoms with Gasteiger partial charge in [0.1, 0.15) is 13.2 Å². The number of allylic oxidation sites excluding steroid dienone is 14. The van der Waals surface area contributed by atoms with Crippen molar-refractivity contribution in [2.75, 3.05) is 13.2 Å². The van der Waals surface area contributed by atoms with Crippen LogP contribution in [-0.4, -0.2) is 37.2 Å². The summed E-state index contributed by atoms with van der Waals surface area (Å²) in [7, 11) is 0. The zero-order chi connectivity index (χ0) is 57.8. The van der Waals surface area contributed by atoms with Crippen LogP contribution in [0.15, 0.2) is 85.1 Å². The van der Waals surface area contributed by atoms with Gasteiger partial charge in [-0.2, -0.15) is 0 Å². The maximum atomic E-state index is 12.9. The fourth-order valence-electron chi connectivity index (χ4n) is 9.97. The SMILES string of the molecule is CC/C=C\C/C=C\C/C=C\C/C=C\CCCCCCCCCCCCCCCCCCCCCCC(=O)OCC(COC(=O)CCCCCCCCCC)OC(=O)CCCCCCCC/C=C\C/C=C\C/C=C\CCCCCCC. The van der Waals surface area contributed by atoms with Crippen LogP contribution in [-0.2, 0) is 28.6 Å². The molecule has 6 heteroatoms. The molecular formula is C74H130O6. The smallest absolute Gasteiger partial charge is 0.306 e. The highest BCUT2D eigenvalue weighted by molar-refractivity contribution is 5.71. The van der Waals surface area contributed by atoms with Crippen molar-refractivity contribution in [3.63, 3.8) is 0 Å². The third kappa shape index (κ3) is 65.4. The molecule has 0 aromatic heterocycles. The van der Waals surface area contributed by atoms with Crippen LogP contribution >= 0.6 is 0 Å². The normalized spacial score (nSPS) is 12.6. The maximum absolute atomic E-state index is 12.9. The van der Waals surface area contributed by atoms with Crippen molar-refractivity contribution in [1.29, 1.82) is 0 Å². The minimum atomic E-state index is -0.780. The summed E-state index contributed by atoms with van der Waals surface area (Å²) in [6.07, 6.45) is 90.6. The lowest BCUT2D eigenvalue weighted by Gasteiger charge is -2.18. The highest BCUT2D eigenvalue weighted by atomic mass is 16.6. The molecule has 0 amide bonds. The van der Waals surface area contributed by atoms with Gasteiger partial charge in [-0.1, -0.05) is 318 Å². The topological polar surface area (TPSA) is 78.9 Å². The monoisotopic (exact) mass is 1110 g/mol. The van der Waals surface area contributed by atoms with Crippen molar-refractivity contribution >= 4 is 17.9 Å². The Morgan fingerprint density at radius 2 is 0.487 bits per heavy atom. The number of carbonyl (C=O) groups excluding carboxylic acids is 3. The zero-order valence-electron chi connectivity index (χ0n) is 53.1. The molecule has 0 aromatic rings. The van der Waals surface area contributed by atoms with E-state index in [1.807, 2.05) is 0 Å². The predicted octanol–water partition coefficient (Wildman–Crippen LogP) is 23.8. The average Bonchev–Trinajstić information content (AvgIpc) is 3.46. The van der Waals surface area contributed by atoms with E-state index in [1.54, 1.807) is 0 Å². The average molecular weight is 1120 g/mol. The summed E-state index contributed by atoms with van der Waals surface area (Å²) in [6.45, 7) is 6.51. The van der Waals surface area contributed by atoms with Crippen LogP contribution in [0.5, 0.6) is 0 Å². The van der Waals surface area contributed by atoms with Crippen LogP contribution in [0.4, 0.5) is 0 Å². The molecule has 0 saturated carbocycles. The van der Waals surface area contributed by atoms with Crippen molar-refractivity contribution in [2.24, 2.45) is 0 Å². The highest BCUT2D eigenvalue weighted by Crippen LogP contribution is 2.17. The molecule has 0 saturated heterocycles. The first-order valence-corrected chi connectivity index (χ1v) is 34.6.